The standard InChI is InChI=1S/C40H44N6O4/c1-41-38(48)35(25-30-19-21-31-15-8-9-16-32(31)23-30)46-39(49)34(18-10-17-33-26-42-27-43-33)45-40(50)36(24-29-13-6-3-7-14-29)44-37(47)22-20-28-11-4-2-5-12-28/h2-9,11-16,19,21,23,26-27,34-36H,10,17-18,20,22,24-25H2,1H3,(H,41,48)(H,42,43)(H,44,47)(H,45,50)(H,46,49)/t34?,35-,36+/m0/s1. The molecule has 0 spiro atoms. The largest absolute Gasteiger partial charge is 0.357 e. The van der Waals surface area contributed by atoms with E-state index in [2.05, 4.69) is 31.2 Å². The highest BCUT2D eigenvalue weighted by molar-refractivity contribution is 5.94. The van der Waals surface area contributed by atoms with Gasteiger partial charge in [0.15, 0.2) is 0 Å². The van der Waals surface area contributed by atoms with E-state index in [0.29, 0.717) is 25.7 Å². The third-order valence-electron chi connectivity index (χ3n) is 8.68. The highest BCUT2D eigenvalue weighted by Gasteiger charge is 2.30. The topological polar surface area (TPSA) is 145 Å². The molecule has 0 aliphatic heterocycles. The molecule has 3 atom stereocenters. The Morgan fingerprint density at radius 2 is 1.26 bits per heavy atom. The van der Waals surface area contributed by atoms with Gasteiger partial charge in [0.1, 0.15) is 18.1 Å². The fraction of sp³-hybridized carbons (Fsp3) is 0.275. The van der Waals surface area contributed by atoms with Crippen molar-refractivity contribution in [1.82, 2.24) is 31.2 Å². The van der Waals surface area contributed by atoms with Crippen LogP contribution in [0.15, 0.2) is 116 Å². The van der Waals surface area contributed by atoms with Gasteiger partial charge in [-0.1, -0.05) is 103 Å². The average molecular weight is 673 g/mol. The van der Waals surface area contributed by atoms with Crippen molar-refractivity contribution in [1.29, 1.82) is 0 Å². The minimum Gasteiger partial charge on any atom is -0.357 e. The Hall–Kier alpha value is -5.77. The number of hydrogen-bond donors (Lipinski definition) is 5. The minimum atomic E-state index is -0.964. The van der Waals surface area contributed by atoms with Crippen LogP contribution < -0.4 is 21.3 Å². The molecule has 0 bridgehead atoms. The van der Waals surface area contributed by atoms with E-state index in [1.807, 2.05) is 103 Å². The summed E-state index contributed by atoms with van der Waals surface area (Å²) in [5.41, 5.74) is 3.68. The number of amides is 4. The molecule has 0 saturated carbocycles. The molecule has 5 rings (SSSR count). The molecule has 50 heavy (non-hydrogen) atoms. The smallest absolute Gasteiger partial charge is 0.243 e. The van der Waals surface area contributed by atoms with Gasteiger partial charge in [0, 0.05) is 38.2 Å². The zero-order valence-electron chi connectivity index (χ0n) is 28.2. The number of nitrogens with one attached hydrogen (secondary N) is 5. The number of imidazole rings is 1. The zero-order chi connectivity index (χ0) is 35.1. The Bertz CT molecular complexity index is 1850. The van der Waals surface area contributed by atoms with Crippen molar-refractivity contribution in [3.63, 3.8) is 0 Å². The molecule has 0 aliphatic carbocycles. The Balaban J connectivity index is 1.32. The van der Waals surface area contributed by atoms with Crippen LogP contribution in [-0.4, -0.2) is 58.8 Å². The lowest BCUT2D eigenvalue weighted by atomic mass is 10.00. The first-order valence-corrected chi connectivity index (χ1v) is 17.0. The summed E-state index contributed by atoms with van der Waals surface area (Å²) in [6.07, 6.45) is 6.03. The Morgan fingerprint density at radius 3 is 1.96 bits per heavy atom. The normalized spacial score (nSPS) is 12.7. The molecule has 5 aromatic rings. The van der Waals surface area contributed by atoms with Crippen molar-refractivity contribution < 1.29 is 19.2 Å². The lowest BCUT2D eigenvalue weighted by Gasteiger charge is -2.25. The molecule has 0 radical (unpaired) electrons. The maximum absolute atomic E-state index is 14.0. The Morgan fingerprint density at radius 1 is 0.640 bits per heavy atom. The highest BCUT2D eigenvalue weighted by Crippen LogP contribution is 2.17. The molecule has 258 valence electrons. The summed E-state index contributed by atoms with van der Waals surface area (Å²) in [4.78, 5) is 61.2. The van der Waals surface area contributed by atoms with E-state index in [1.165, 1.54) is 7.05 Å². The number of aromatic nitrogens is 2. The van der Waals surface area contributed by atoms with Crippen molar-refractivity contribution >= 4 is 34.4 Å². The number of benzene rings is 4. The first-order chi connectivity index (χ1) is 24.4. The average Bonchev–Trinajstić information content (AvgIpc) is 3.67. The molecular formula is C40H44N6O4. The molecular weight excluding hydrogens is 628 g/mol. The number of aromatic amines is 1. The molecule has 10 heteroatoms. The van der Waals surface area contributed by atoms with Gasteiger partial charge in [-0.05, 0) is 53.1 Å². The lowest BCUT2D eigenvalue weighted by Crippen LogP contribution is -2.57. The molecule has 1 heterocycles. The second-order valence-corrected chi connectivity index (χ2v) is 12.4. The molecule has 1 aromatic heterocycles. The summed E-state index contributed by atoms with van der Waals surface area (Å²) in [7, 11) is 1.53. The van der Waals surface area contributed by atoms with Gasteiger partial charge in [0.25, 0.3) is 0 Å². The zero-order valence-corrected chi connectivity index (χ0v) is 28.2. The molecule has 10 nitrogen and oxygen atoms in total. The number of carbonyl (C=O) groups is 4. The number of likely N-dealkylation sites (N-methyl/N-ethyl adjacent to an activating group) is 1. The maximum atomic E-state index is 14.0. The van der Waals surface area contributed by atoms with Crippen molar-refractivity contribution in [3.8, 4) is 0 Å². The fourth-order valence-corrected chi connectivity index (χ4v) is 5.94. The summed E-state index contributed by atoms with van der Waals surface area (Å²) in [5.74, 6) is -1.57. The first-order valence-electron chi connectivity index (χ1n) is 17.0. The van der Waals surface area contributed by atoms with Crippen LogP contribution in [0.25, 0.3) is 10.8 Å². The maximum Gasteiger partial charge on any atom is 0.243 e. The van der Waals surface area contributed by atoms with Crippen molar-refractivity contribution in [2.24, 2.45) is 0 Å². The van der Waals surface area contributed by atoms with E-state index in [9.17, 15) is 19.2 Å². The monoisotopic (exact) mass is 672 g/mol. The number of H-pyrrole nitrogens is 1. The molecule has 5 N–H and O–H groups in total. The summed E-state index contributed by atoms with van der Waals surface area (Å²) < 4.78 is 0. The predicted octanol–water partition coefficient (Wildman–Crippen LogP) is 4.20. The van der Waals surface area contributed by atoms with Gasteiger partial charge >= 0.3 is 0 Å². The summed E-state index contributed by atoms with van der Waals surface area (Å²) in [6.45, 7) is 0. The van der Waals surface area contributed by atoms with E-state index < -0.39 is 29.9 Å². The molecule has 0 saturated heterocycles. The number of carbonyl (C=O) groups excluding carboxylic acids is 4. The van der Waals surface area contributed by atoms with E-state index in [-0.39, 0.29) is 31.1 Å². The van der Waals surface area contributed by atoms with Crippen LogP contribution in [0.1, 0.15) is 41.6 Å². The van der Waals surface area contributed by atoms with E-state index in [0.717, 1.165) is 33.2 Å². The van der Waals surface area contributed by atoms with Crippen molar-refractivity contribution in [2.45, 2.75) is 63.1 Å². The van der Waals surface area contributed by atoms with Gasteiger partial charge in [-0.15, -0.1) is 0 Å². The van der Waals surface area contributed by atoms with Gasteiger partial charge in [0.2, 0.25) is 23.6 Å². The third-order valence-corrected chi connectivity index (χ3v) is 8.68. The summed E-state index contributed by atoms with van der Waals surface area (Å²) in [5, 5.41) is 13.5. The van der Waals surface area contributed by atoms with Crippen LogP contribution in [-0.2, 0) is 44.9 Å². The minimum absolute atomic E-state index is 0.208. The quantitative estimate of drug-likeness (QED) is 0.101. The van der Waals surface area contributed by atoms with Gasteiger partial charge in [-0.3, -0.25) is 19.2 Å². The van der Waals surface area contributed by atoms with Crippen molar-refractivity contribution in [3.05, 3.63) is 138 Å². The molecule has 0 fully saturated rings. The first kappa shape index (κ1) is 35.5. The Kier molecular flexibility index (Phi) is 12.9. The third kappa shape index (κ3) is 10.6. The summed E-state index contributed by atoms with van der Waals surface area (Å²) >= 11 is 0. The number of aryl methyl sites for hydroxylation is 2. The molecule has 4 amide bonds. The van der Waals surface area contributed by atoms with Crippen LogP contribution >= 0.6 is 0 Å². The SMILES string of the molecule is CNC(=O)[C@H](Cc1ccc2ccccc2c1)NC(=O)C(CCCc1cnc[nH]1)NC(=O)[C@@H](Cc1ccccc1)NC(=O)CCc1ccccc1. The second kappa shape index (κ2) is 18.1. The van der Waals surface area contributed by atoms with Crippen LogP contribution in [0.5, 0.6) is 0 Å². The number of hydrogen-bond acceptors (Lipinski definition) is 5. The Labute approximate surface area is 292 Å². The second-order valence-electron chi connectivity index (χ2n) is 12.4. The van der Waals surface area contributed by atoms with Gasteiger partial charge in [0.05, 0.1) is 6.33 Å². The van der Waals surface area contributed by atoms with Gasteiger partial charge in [-0.2, -0.15) is 0 Å². The number of rotatable bonds is 17. The van der Waals surface area contributed by atoms with Crippen LogP contribution in [0.3, 0.4) is 0 Å². The highest BCUT2D eigenvalue weighted by atomic mass is 16.2. The fourth-order valence-electron chi connectivity index (χ4n) is 5.94. The van der Waals surface area contributed by atoms with Crippen LogP contribution in [0.2, 0.25) is 0 Å². The van der Waals surface area contributed by atoms with Gasteiger partial charge < -0.3 is 26.3 Å². The van der Waals surface area contributed by atoms with Crippen LogP contribution in [0.4, 0.5) is 0 Å². The van der Waals surface area contributed by atoms with E-state index in [4.69, 9.17) is 0 Å². The van der Waals surface area contributed by atoms with Crippen LogP contribution in [0, 0.1) is 0 Å². The molecule has 1 unspecified atom stereocenters. The van der Waals surface area contributed by atoms with Crippen molar-refractivity contribution in [2.75, 3.05) is 7.05 Å². The van der Waals surface area contributed by atoms with Gasteiger partial charge in [-0.25, -0.2) is 4.98 Å². The lowest BCUT2D eigenvalue weighted by molar-refractivity contribution is -0.133. The number of nitrogens with zero attached hydrogens (tertiary/aromatic N) is 1. The number of fused-ring (bicyclic) bond motifs is 1. The molecule has 0 aliphatic rings. The van der Waals surface area contributed by atoms with E-state index >= 15 is 0 Å². The molecule has 4 aromatic carbocycles. The van der Waals surface area contributed by atoms with E-state index in [1.54, 1.807) is 12.5 Å². The predicted molar refractivity (Wildman–Crippen MR) is 194 cm³/mol. The summed E-state index contributed by atoms with van der Waals surface area (Å²) in [6, 6.07) is 30.3.